The van der Waals surface area contributed by atoms with Gasteiger partial charge in [0, 0.05) is 18.9 Å². The molecule has 4 heteroatoms. The molecule has 0 unspecified atom stereocenters. The Kier molecular flexibility index (Phi) is 2.66. The lowest BCUT2D eigenvalue weighted by atomic mass is 10.3. The fourth-order valence-electron chi connectivity index (χ4n) is 1.10. The van der Waals surface area contributed by atoms with Crippen LogP contribution in [0.25, 0.3) is 0 Å². The van der Waals surface area contributed by atoms with Crippen LogP contribution in [0.1, 0.15) is 5.56 Å². The first kappa shape index (κ1) is 8.62. The highest BCUT2D eigenvalue weighted by Crippen LogP contribution is 2.03. The Labute approximate surface area is 82.1 Å². The lowest BCUT2D eigenvalue weighted by molar-refractivity contribution is 1.08. The fourth-order valence-corrected chi connectivity index (χ4v) is 1.10. The topological polar surface area (TPSA) is 50.7 Å². The van der Waals surface area contributed by atoms with Crippen LogP contribution in [-0.4, -0.2) is 15.0 Å². The highest BCUT2D eigenvalue weighted by molar-refractivity contribution is 5.37. The van der Waals surface area contributed by atoms with Crippen LogP contribution in [0.3, 0.4) is 0 Å². The second-order valence-corrected chi connectivity index (χ2v) is 2.84. The number of anilines is 1. The zero-order valence-corrected chi connectivity index (χ0v) is 7.59. The van der Waals surface area contributed by atoms with Gasteiger partial charge in [-0.25, -0.2) is 9.97 Å². The summed E-state index contributed by atoms with van der Waals surface area (Å²) in [5.74, 6) is 0. The Balaban J connectivity index is 1.96. The molecule has 2 aromatic rings. The first-order valence-corrected chi connectivity index (χ1v) is 4.33. The second kappa shape index (κ2) is 4.32. The van der Waals surface area contributed by atoms with Gasteiger partial charge in [0.15, 0.2) is 0 Å². The summed E-state index contributed by atoms with van der Waals surface area (Å²) < 4.78 is 0. The first-order valence-electron chi connectivity index (χ1n) is 4.33. The van der Waals surface area contributed by atoms with Crippen molar-refractivity contribution in [2.75, 3.05) is 5.32 Å². The van der Waals surface area contributed by atoms with Gasteiger partial charge in [0.05, 0.1) is 18.1 Å². The van der Waals surface area contributed by atoms with E-state index < -0.39 is 0 Å². The van der Waals surface area contributed by atoms with Crippen molar-refractivity contribution < 1.29 is 0 Å². The minimum Gasteiger partial charge on any atom is -0.378 e. The maximum absolute atomic E-state index is 4.03. The van der Waals surface area contributed by atoms with Gasteiger partial charge < -0.3 is 5.32 Å². The lowest BCUT2D eigenvalue weighted by Crippen LogP contribution is -2.00. The van der Waals surface area contributed by atoms with Crippen molar-refractivity contribution in [2.45, 2.75) is 6.54 Å². The molecular weight excluding hydrogens is 176 g/mol. The number of rotatable bonds is 3. The van der Waals surface area contributed by atoms with Crippen LogP contribution in [0.2, 0.25) is 0 Å². The summed E-state index contributed by atoms with van der Waals surface area (Å²) in [5.41, 5.74) is 2.05. The molecule has 1 N–H and O–H groups in total. The molecular formula is C10H10N4. The maximum atomic E-state index is 4.03. The standard InChI is InChI=1S/C10H10N4/c1-2-9(4-11-3-1)5-14-10-6-12-8-13-7-10/h1-4,6-8,14H,5H2. The molecule has 0 saturated carbocycles. The molecule has 0 radical (unpaired) electrons. The van der Waals surface area contributed by atoms with Gasteiger partial charge in [0.25, 0.3) is 0 Å². The zero-order valence-electron chi connectivity index (χ0n) is 7.59. The summed E-state index contributed by atoms with van der Waals surface area (Å²) >= 11 is 0. The summed E-state index contributed by atoms with van der Waals surface area (Å²) in [5, 5.41) is 3.20. The van der Waals surface area contributed by atoms with Crippen molar-refractivity contribution >= 4 is 5.69 Å². The predicted octanol–water partition coefficient (Wildman–Crippen LogP) is 1.48. The Bertz CT molecular complexity index is 334. The normalized spacial score (nSPS) is 9.71. The third-order valence-corrected chi connectivity index (χ3v) is 1.78. The molecule has 2 heterocycles. The SMILES string of the molecule is c1cncc(CNc2cncnc2)c1. The van der Waals surface area contributed by atoms with Crippen LogP contribution in [0.5, 0.6) is 0 Å². The van der Waals surface area contributed by atoms with E-state index >= 15 is 0 Å². The average molecular weight is 186 g/mol. The summed E-state index contributed by atoms with van der Waals surface area (Å²) in [6.45, 7) is 0.737. The van der Waals surface area contributed by atoms with Gasteiger partial charge in [-0.05, 0) is 11.6 Å². The number of hydrogen-bond donors (Lipinski definition) is 1. The van der Waals surface area contributed by atoms with Gasteiger partial charge >= 0.3 is 0 Å². The number of nitrogens with zero attached hydrogens (tertiary/aromatic N) is 3. The van der Waals surface area contributed by atoms with E-state index in [1.54, 1.807) is 18.6 Å². The summed E-state index contributed by atoms with van der Waals surface area (Å²) in [7, 11) is 0. The van der Waals surface area contributed by atoms with Crippen LogP contribution in [0.4, 0.5) is 5.69 Å². The van der Waals surface area contributed by atoms with E-state index in [-0.39, 0.29) is 0 Å². The summed E-state index contributed by atoms with van der Waals surface area (Å²) in [6, 6.07) is 3.93. The highest BCUT2D eigenvalue weighted by atomic mass is 14.9. The monoisotopic (exact) mass is 186 g/mol. The lowest BCUT2D eigenvalue weighted by Gasteiger charge is -2.03. The van der Waals surface area contributed by atoms with Gasteiger partial charge in [-0.1, -0.05) is 6.07 Å². The number of hydrogen-bond acceptors (Lipinski definition) is 4. The van der Waals surface area contributed by atoms with Crippen molar-refractivity contribution in [1.82, 2.24) is 15.0 Å². The smallest absolute Gasteiger partial charge is 0.115 e. The van der Waals surface area contributed by atoms with E-state index in [9.17, 15) is 0 Å². The minimum atomic E-state index is 0.737. The van der Waals surface area contributed by atoms with Crippen molar-refractivity contribution in [2.24, 2.45) is 0 Å². The molecule has 0 aliphatic rings. The van der Waals surface area contributed by atoms with Crippen molar-refractivity contribution in [1.29, 1.82) is 0 Å². The Morgan fingerprint density at radius 2 is 1.93 bits per heavy atom. The largest absolute Gasteiger partial charge is 0.378 e. The van der Waals surface area contributed by atoms with Crippen LogP contribution in [-0.2, 0) is 6.54 Å². The second-order valence-electron chi connectivity index (χ2n) is 2.84. The van der Waals surface area contributed by atoms with Crippen LogP contribution in [0.15, 0.2) is 43.2 Å². The van der Waals surface area contributed by atoms with Gasteiger partial charge in [-0.15, -0.1) is 0 Å². The van der Waals surface area contributed by atoms with Gasteiger partial charge in [0.2, 0.25) is 0 Å². The van der Waals surface area contributed by atoms with E-state index in [4.69, 9.17) is 0 Å². The summed E-state index contributed by atoms with van der Waals surface area (Å²) in [4.78, 5) is 11.8. The molecule has 0 fully saturated rings. The molecule has 2 rings (SSSR count). The van der Waals surface area contributed by atoms with Gasteiger partial charge in [0.1, 0.15) is 6.33 Å². The van der Waals surface area contributed by atoms with E-state index in [1.165, 1.54) is 6.33 Å². The number of pyridine rings is 1. The van der Waals surface area contributed by atoms with Gasteiger partial charge in [-0.2, -0.15) is 0 Å². The molecule has 0 aliphatic heterocycles. The molecule has 0 aromatic carbocycles. The Hall–Kier alpha value is -1.97. The molecule has 14 heavy (non-hydrogen) atoms. The minimum absolute atomic E-state index is 0.737. The number of nitrogens with one attached hydrogen (secondary N) is 1. The average Bonchev–Trinajstić information content (AvgIpc) is 2.29. The Morgan fingerprint density at radius 1 is 1.07 bits per heavy atom. The fraction of sp³-hybridized carbons (Fsp3) is 0.100. The van der Waals surface area contributed by atoms with Crippen LogP contribution < -0.4 is 5.32 Å². The van der Waals surface area contributed by atoms with E-state index in [0.29, 0.717) is 0 Å². The van der Waals surface area contributed by atoms with E-state index in [2.05, 4.69) is 20.3 Å². The highest BCUT2D eigenvalue weighted by Gasteiger charge is 1.92. The van der Waals surface area contributed by atoms with Crippen LogP contribution >= 0.6 is 0 Å². The van der Waals surface area contributed by atoms with E-state index in [1.807, 2.05) is 18.3 Å². The predicted molar refractivity (Wildman–Crippen MR) is 53.6 cm³/mol. The quantitative estimate of drug-likeness (QED) is 0.788. The molecule has 70 valence electrons. The van der Waals surface area contributed by atoms with E-state index in [0.717, 1.165) is 17.8 Å². The Morgan fingerprint density at radius 3 is 2.64 bits per heavy atom. The zero-order chi connectivity index (χ0) is 9.64. The first-order chi connectivity index (χ1) is 6.95. The molecule has 0 amide bonds. The molecule has 0 saturated heterocycles. The van der Waals surface area contributed by atoms with Crippen molar-refractivity contribution in [3.05, 3.63) is 48.8 Å². The number of aromatic nitrogens is 3. The third-order valence-electron chi connectivity index (χ3n) is 1.78. The molecule has 0 bridgehead atoms. The molecule has 0 atom stereocenters. The van der Waals surface area contributed by atoms with Crippen molar-refractivity contribution in [3.63, 3.8) is 0 Å². The molecule has 0 spiro atoms. The van der Waals surface area contributed by atoms with Crippen molar-refractivity contribution in [3.8, 4) is 0 Å². The summed E-state index contributed by atoms with van der Waals surface area (Å²) in [6.07, 6.45) is 8.58. The van der Waals surface area contributed by atoms with Crippen LogP contribution in [0, 0.1) is 0 Å². The molecule has 4 nitrogen and oxygen atoms in total. The third kappa shape index (κ3) is 2.26. The van der Waals surface area contributed by atoms with Gasteiger partial charge in [-0.3, -0.25) is 4.98 Å². The molecule has 2 aromatic heterocycles. The molecule has 0 aliphatic carbocycles. The maximum Gasteiger partial charge on any atom is 0.115 e.